The van der Waals surface area contributed by atoms with Gasteiger partial charge in [-0.1, -0.05) is 25.5 Å². The summed E-state index contributed by atoms with van der Waals surface area (Å²) in [7, 11) is 0. The van der Waals surface area contributed by atoms with Gasteiger partial charge in [0.1, 0.15) is 5.75 Å². The van der Waals surface area contributed by atoms with Gasteiger partial charge in [0.2, 0.25) is 0 Å². The molecule has 0 aliphatic rings. The number of aryl methyl sites for hydroxylation is 1. The Balaban J connectivity index is 2.96. The van der Waals surface area contributed by atoms with Gasteiger partial charge >= 0.3 is 5.97 Å². The van der Waals surface area contributed by atoms with Crippen LogP contribution in [0.1, 0.15) is 42.6 Å². The van der Waals surface area contributed by atoms with Gasteiger partial charge in [-0.2, -0.15) is 0 Å². The van der Waals surface area contributed by atoms with E-state index in [0.717, 1.165) is 18.3 Å². The zero-order valence-corrected chi connectivity index (χ0v) is 11.6. The summed E-state index contributed by atoms with van der Waals surface area (Å²) in [4.78, 5) is 22.8. The highest BCUT2D eigenvalue weighted by Crippen LogP contribution is 2.24. The van der Waals surface area contributed by atoms with Crippen LogP contribution in [0.25, 0.3) is 0 Å². The van der Waals surface area contributed by atoms with E-state index in [4.69, 9.17) is 9.47 Å². The van der Waals surface area contributed by atoms with E-state index >= 15 is 0 Å². The van der Waals surface area contributed by atoms with Crippen molar-refractivity contribution >= 4 is 12.3 Å². The Labute approximate surface area is 113 Å². The van der Waals surface area contributed by atoms with E-state index < -0.39 is 6.10 Å². The van der Waals surface area contributed by atoms with E-state index in [1.165, 1.54) is 0 Å². The maximum atomic E-state index is 11.8. The molecule has 0 bridgehead atoms. The van der Waals surface area contributed by atoms with E-state index in [0.29, 0.717) is 24.3 Å². The summed E-state index contributed by atoms with van der Waals surface area (Å²) in [5.41, 5.74) is 1.28. The number of carbonyl (C=O) groups excluding carboxylic acids is 2. The third kappa shape index (κ3) is 4.09. The first-order valence-corrected chi connectivity index (χ1v) is 6.52. The van der Waals surface area contributed by atoms with E-state index in [9.17, 15) is 9.59 Å². The van der Waals surface area contributed by atoms with Gasteiger partial charge in [-0.05, 0) is 31.9 Å². The van der Waals surface area contributed by atoms with Gasteiger partial charge < -0.3 is 9.47 Å². The summed E-state index contributed by atoms with van der Waals surface area (Å²) in [6, 6.07) is 5.30. The predicted molar refractivity (Wildman–Crippen MR) is 72.5 cm³/mol. The average molecular weight is 264 g/mol. The smallest absolute Gasteiger partial charge is 0.347 e. The molecule has 4 heteroatoms. The van der Waals surface area contributed by atoms with Crippen molar-refractivity contribution in [2.45, 2.75) is 39.7 Å². The van der Waals surface area contributed by atoms with E-state index in [2.05, 4.69) is 0 Å². The fourth-order valence-electron chi connectivity index (χ4n) is 1.79. The lowest BCUT2D eigenvalue weighted by molar-refractivity contribution is -0.151. The second-order valence-corrected chi connectivity index (χ2v) is 4.26. The predicted octanol–water partition coefficient (Wildman–Crippen LogP) is 2.92. The van der Waals surface area contributed by atoms with E-state index in [1.54, 1.807) is 19.1 Å². The van der Waals surface area contributed by atoms with Crippen LogP contribution >= 0.6 is 0 Å². The van der Waals surface area contributed by atoms with E-state index in [1.807, 2.05) is 19.9 Å². The van der Waals surface area contributed by atoms with Gasteiger partial charge in [-0.25, -0.2) is 4.79 Å². The van der Waals surface area contributed by atoms with Gasteiger partial charge in [0.05, 0.1) is 12.2 Å². The van der Waals surface area contributed by atoms with Crippen LogP contribution in [0.3, 0.4) is 0 Å². The normalized spacial score (nSPS) is 11.7. The molecule has 0 amide bonds. The van der Waals surface area contributed by atoms with E-state index in [-0.39, 0.29) is 5.97 Å². The highest BCUT2D eigenvalue weighted by molar-refractivity contribution is 5.81. The molecule has 0 aromatic heterocycles. The second-order valence-electron chi connectivity index (χ2n) is 4.26. The van der Waals surface area contributed by atoms with Gasteiger partial charge in [-0.15, -0.1) is 0 Å². The standard InChI is InChI=1S/C15H20O4/c1-4-7-13(15(17)18-5-2)19-14-11(3)8-6-9-12(14)10-16/h6,8-10,13H,4-5,7H2,1-3H3. The summed E-state index contributed by atoms with van der Waals surface area (Å²) in [6.07, 6.45) is 1.43. The van der Waals surface area contributed by atoms with Gasteiger partial charge in [-0.3, -0.25) is 4.79 Å². The van der Waals surface area contributed by atoms with Gasteiger partial charge in [0.15, 0.2) is 12.4 Å². The molecule has 0 fully saturated rings. The third-order valence-corrected chi connectivity index (χ3v) is 2.73. The molecule has 4 nitrogen and oxygen atoms in total. The number of aldehydes is 1. The minimum atomic E-state index is -0.662. The molecule has 1 aromatic rings. The molecule has 1 unspecified atom stereocenters. The lowest BCUT2D eigenvalue weighted by Gasteiger charge is -2.19. The van der Waals surface area contributed by atoms with Crippen LogP contribution in [-0.4, -0.2) is 25.0 Å². The highest BCUT2D eigenvalue weighted by atomic mass is 16.6. The molecular weight excluding hydrogens is 244 g/mol. The molecule has 0 aliphatic carbocycles. The molecule has 19 heavy (non-hydrogen) atoms. The highest BCUT2D eigenvalue weighted by Gasteiger charge is 2.22. The minimum Gasteiger partial charge on any atom is -0.478 e. The summed E-state index contributed by atoms with van der Waals surface area (Å²) >= 11 is 0. The Bertz CT molecular complexity index is 440. The first-order valence-electron chi connectivity index (χ1n) is 6.52. The molecule has 1 aromatic carbocycles. The number of benzene rings is 1. The Kier molecular flexibility index (Phi) is 6.06. The first-order chi connectivity index (χ1) is 9.13. The van der Waals surface area contributed by atoms with Crippen LogP contribution in [0, 0.1) is 6.92 Å². The molecule has 0 saturated heterocycles. The van der Waals surface area contributed by atoms with Crippen LogP contribution in [0.15, 0.2) is 18.2 Å². The zero-order valence-electron chi connectivity index (χ0n) is 11.6. The largest absolute Gasteiger partial charge is 0.478 e. The van der Waals surface area contributed by atoms with Crippen LogP contribution in [0.5, 0.6) is 5.75 Å². The lowest BCUT2D eigenvalue weighted by Crippen LogP contribution is -2.30. The lowest BCUT2D eigenvalue weighted by atomic mass is 10.1. The number of rotatable bonds is 7. The van der Waals surface area contributed by atoms with Crippen molar-refractivity contribution in [3.05, 3.63) is 29.3 Å². The number of carbonyl (C=O) groups is 2. The fraction of sp³-hybridized carbons (Fsp3) is 0.467. The number of hydrogen-bond donors (Lipinski definition) is 0. The maximum Gasteiger partial charge on any atom is 0.347 e. The molecule has 0 saturated carbocycles. The molecule has 0 spiro atoms. The molecule has 0 heterocycles. The Morgan fingerprint density at radius 1 is 1.37 bits per heavy atom. The Morgan fingerprint density at radius 3 is 2.68 bits per heavy atom. The monoisotopic (exact) mass is 264 g/mol. The molecule has 1 rings (SSSR count). The zero-order chi connectivity index (χ0) is 14.3. The molecule has 0 aliphatic heterocycles. The summed E-state index contributed by atoms with van der Waals surface area (Å²) in [6.45, 7) is 5.88. The number of esters is 1. The molecule has 0 N–H and O–H groups in total. The van der Waals surface area contributed by atoms with Crippen molar-refractivity contribution in [1.82, 2.24) is 0 Å². The average Bonchev–Trinajstić information content (AvgIpc) is 2.40. The van der Waals surface area contributed by atoms with Crippen LogP contribution < -0.4 is 4.74 Å². The number of para-hydroxylation sites is 1. The maximum absolute atomic E-state index is 11.8. The summed E-state index contributed by atoms with van der Waals surface area (Å²) in [5, 5.41) is 0. The molecular formula is C15H20O4. The van der Waals surface area contributed by atoms with Crippen molar-refractivity contribution in [3.8, 4) is 5.75 Å². The van der Waals surface area contributed by atoms with Crippen molar-refractivity contribution < 1.29 is 19.1 Å². The van der Waals surface area contributed by atoms with Gasteiger partial charge in [0, 0.05) is 0 Å². The minimum absolute atomic E-state index is 0.316. The quantitative estimate of drug-likeness (QED) is 0.561. The Morgan fingerprint density at radius 2 is 2.11 bits per heavy atom. The van der Waals surface area contributed by atoms with Crippen molar-refractivity contribution in [2.24, 2.45) is 0 Å². The molecule has 1 atom stereocenters. The number of hydrogen-bond acceptors (Lipinski definition) is 4. The third-order valence-electron chi connectivity index (χ3n) is 2.73. The molecule has 0 radical (unpaired) electrons. The summed E-state index contributed by atoms with van der Waals surface area (Å²) < 4.78 is 10.7. The number of ether oxygens (including phenoxy) is 2. The summed E-state index contributed by atoms with van der Waals surface area (Å²) in [5.74, 6) is 0.0773. The van der Waals surface area contributed by atoms with Crippen molar-refractivity contribution in [1.29, 1.82) is 0 Å². The SMILES string of the molecule is CCCC(Oc1c(C)cccc1C=O)C(=O)OCC. The van der Waals surface area contributed by atoms with Crippen LogP contribution in [-0.2, 0) is 9.53 Å². The molecule has 104 valence electrons. The van der Waals surface area contributed by atoms with Crippen LogP contribution in [0.2, 0.25) is 0 Å². The topological polar surface area (TPSA) is 52.6 Å². The Hall–Kier alpha value is -1.84. The fourth-order valence-corrected chi connectivity index (χ4v) is 1.79. The second kappa shape index (κ2) is 7.56. The first kappa shape index (κ1) is 15.2. The van der Waals surface area contributed by atoms with Crippen molar-refractivity contribution in [2.75, 3.05) is 6.61 Å². The van der Waals surface area contributed by atoms with Gasteiger partial charge in [0.25, 0.3) is 0 Å². The van der Waals surface area contributed by atoms with Crippen molar-refractivity contribution in [3.63, 3.8) is 0 Å². The van der Waals surface area contributed by atoms with Crippen LogP contribution in [0.4, 0.5) is 0 Å².